The van der Waals surface area contributed by atoms with Crippen LogP contribution in [0.4, 0.5) is 5.69 Å². The molecule has 5 aromatic rings. The van der Waals surface area contributed by atoms with Gasteiger partial charge in [-0.05, 0) is 42.0 Å². The minimum absolute atomic E-state index is 0.0841. The van der Waals surface area contributed by atoms with E-state index in [0.29, 0.717) is 16.2 Å². The number of carbonyl (C=O) groups excluding carboxylic acids is 2. The fraction of sp³-hybridized carbons (Fsp3) is 0.0769. The number of esters is 1. The number of nitrogens with one attached hydrogen (secondary N) is 1. The Kier molecular flexibility index (Phi) is 6.22. The van der Waals surface area contributed by atoms with Crippen LogP contribution in [0.5, 0.6) is 0 Å². The Balaban J connectivity index is 1.16. The van der Waals surface area contributed by atoms with E-state index in [-0.39, 0.29) is 24.2 Å². The Hall–Kier alpha value is -4.17. The number of nitrogens with zero attached hydrogens (tertiary/aromatic N) is 2. The molecule has 0 unspecified atom stereocenters. The molecular weight excluding hydrogens is 450 g/mol. The first-order chi connectivity index (χ1) is 16.7. The van der Waals surface area contributed by atoms with Crippen molar-refractivity contribution in [2.45, 2.75) is 11.6 Å². The molecule has 3 aromatic carbocycles. The molecule has 168 valence electrons. The number of para-hydroxylation sites is 2. The molecule has 0 atom stereocenters. The molecule has 5 rings (SSSR count). The van der Waals surface area contributed by atoms with Gasteiger partial charge in [0.15, 0.2) is 5.58 Å². The number of aromatic nitrogens is 2. The molecule has 0 radical (unpaired) electrons. The molecule has 0 fully saturated rings. The van der Waals surface area contributed by atoms with Gasteiger partial charge in [-0.3, -0.25) is 9.59 Å². The zero-order valence-corrected chi connectivity index (χ0v) is 18.7. The van der Waals surface area contributed by atoms with Crippen LogP contribution < -0.4 is 5.32 Å². The SMILES string of the molecule is O=C(CSc1ncnc2c1oc1ccccc12)OCc1ccc(C(=O)Nc2ccccc2)cc1. The number of ether oxygens (including phenoxy) is 1. The summed E-state index contributed by atoms with van der Waals surface area (Å²) in [5.41, 5.74) is 4.04. The average Bonchev–Trinajstić information content (AvgIpc) is 3.26. The Morgan fingerprint density at radius 3 is 2.50 bits per heavy atom. The first kappa shape index (κ1) is 21.7. The zero-order chi connectivity index (χ0) is 23.3. The number of anilines is 1. The van der Waals surface area contributed by atoms with Gasteiger partial charge in [-0.25, -0.2) is 9.97 Å². The summed E-state index contributed by atoms with van der Waals surface area (Å²) < 4.78 is 11.3. The van der Waals surface area contributed by atoms with Crippen molar-refractivity contribution in [3.8, 4) is 0 Å². The number of carbonyl (C=O) groups is 2. The Morgan fingerprint density at radius 2 is 1.68 bits per heavy atom. The molecule has 2 aromatic heterocycles. The van der Waals surface area contributed by atoms with Crippen molar-refractivity contribution in [3.05, 3.63) is 96.3 Å². The predicted octanol–water partition coefficient (Wildman–Crippen LogP) is 5.46. The van der Waals surface area contributed by atoms with Crippen LogP contribution in [0.15, 0.2) is 94.6 Å². The van der Waals surface area contributed by atoms with Crippen molar-refractivity contribution in [1.29, 1.82) is 0 Å². The highest BCUT2D eigenvalue weighted by Crippen LogP contribution is 2.32. The van der Waals surface area contributed by atoms with Crippen molar-refractivity contribution in [3.63, 3.8) is 0 Å². The highest BCUT2D eigenvalue weighted by atomic mass is 32.2. The molecule has 0 spiro atoms. The number of furan rings is 1. The van der Waals surface area contributed by atoms with Gasteiger partial charge < -0.3 is 14.5 Å². The van der Waals surface area contributed by atoms with Crippen LogP contribution in [0, 0.1) is 0 Å². The summed E-state index contributed by atoms with van der Waals surface area (Å²) in [5, 5.41) is 4.33. The third kappa shape index (κ3) is 4.77. The third-order valence-corrected chi connectivity index (χ3v) is 6.04. The second-order valence-electron chi connectivity index (χ2n) is 7.42. The van der Waals surface area contributed by atoms with Gasteiger partial charge in [0.1, 0.15) is 29.1 Å². The van der Waals surface area contributed by atoms with Gasteiger partial charge in [0, 0.05) is 16.6 Å². The number of hydrogen-bond acceptors (Lipinski definition) is 7. The van der Waals surface area contributed by atoms with Crippen molar-refractivity contribution in [2.24, 2.45) is 0 Å². The van der Waals surface area contributed by atoms with E-state index < -0.39 is 0 Å². The van der Waals surface area contributed by atoms with Gasteiger partial charge in [0.05, 0.1) is 5.75 Å². The summed E-state index contributed by atoms with van der Waals surface area (Å²) in [6.45, 7) is 0.115. The minimum Gasteiger partial charge on any atom is -0.460 e. The van der Waals surface area contributed by atoms with Crippen LogP contribution in [-0.4, -0.2) is 27.6 Å². The molecule has 8 heteroatoms. The fourth-order valence-corrected chi connectivity index (χ4v) is 4.14. The van der Waals surface area contributed by atoms with E-state index in [2.05, 4.69) is 15.3 Å². The largest absolute Gasteiger partial charge is 0.460 e. The molecule has 1 N–H and O–H groups in total. The third-order valence-electron chi connectivity index (χ3n) is 5.10. The highest BCUT2D eigenvalue weighted by Gasteiger charge is 2.15. The van der Waals surface area contributed by atoms with E-state index in [0.717, 1.165) is 27.7 Å². The van der Waals surface area contributed by atoms with Crippen LogP contribution in [0.1, 0.15) is 15.9 Å². The summed E-state index contributed by atoms with van der Waals surface area (Å²) in [5.74, 6) is -0.493. The average molecular weight is 470 g/mol. The van der Waals surface area contributed by atoms with Crippen LogP contribution in [-0.2, 0) is 16.1 Å². The summed E-state index contributed by atoms with van der Waals surface area (Å²) in [7, 11) is 0. The second-order valence-corrected chi connectivity index (χ2v) is 8.39. The van der Waals surface area contributed by atoms with E-state index in [1.807, 2.05) is 54.6 Å². The molecule has 0 aliphatic heterocycles. The smallest absolute Gasteiger partial charge is 0.316 e. The monoisotopic (exact) mass is 469 g/mol. The second kappa shape index (κ2) is 9.76. The van der Waals surface area contributed by atoms with Gasteiger partial charge in [-0.15, -0.1) is 0 Å². The van der Waals surface area contributed by atoms with Gasteiger partial charge in [0.25, 0.3) is 5.91 Å². The lowest BCUT2D eigenvalue weighted by Crippen LogP contribution is -2.12. The maximum Gasteiger partial charge on any atom is 0.316 e. The Morgan fingerprint density at radius 1 is 0.912 bits per heavy atom. The maximum absolute atomic E-state index is 12.3. The molecule has 0 aliphatic carbocycles. The normalized spacial score (nSPS) is 10.9. The van der Waals surface area contributed by atoms with Crippen LogP contribution in [0.3, 0.4) is 0 Å². The predicted molar refractivity (Wildman–Crippen MR) is 131 cm³/mol. The Labute approximate surface area is 199 Å². The van der Waals surface area contributed by atoms with Gasteiger partial charge in [-0.2, -0.15) is 0 Å². The van der Waals surface area contributed by atoms with Gasteiger partial charge in [-0.1, -0.05) is 54.2 Å². The molecule has 1 amide bonds. The van der Waals surface area contributed by atoms with Crippen LogP contribution in [0.25, 0.3) is 22.1 Å². The quantitative estimate of drug-likeness (QED) is 0.192. The number of thioether (sulfide) groups is 1. The van der Waals surface area contributed by atoms with Crippen molar-refractivity contribution in [1.82, 2.24) is 9.97 Å². The summed E-state index contributed by atoms with van der Waals surface area (Å²) in [6, 6.07) is 23.8. The lowest BCUT2D eigenvalue weighted by Gasteiger charge is -2.07. The van der Waals surface area contributed by atoms with E-state index in [4.69, 9.17) is 9.15 Å². The van der Waals surface area contributed by atoms with Gasteiger partial charge >= 0.3 is 5.97 Å². The summed E-state index contributed by atoms with van der Waals surface area (Å²) >= 11 is 1.24. The van der Waals surface area contributed by atoms with E-state index in [1.54, 1.807) is 24.3 Å². The van der Waals surface area contributed by atoms with Crippen LogP contribution in [0.2, 0.25) is 0 Å². The van der Waals surface area contributed by atoms with E-state index in [1.165, 1.54) is 18.1 Å². The van der Waals surface area contributed by atoms with Crippen molar-refractivity contribution < 1.29 is 18.7 Å². The number of hydrogen-bond donors (Lipinski definition) is 1. The van der Waals surface area contributed by atoms with E-state index >= 15 is 0 Å². The zero-order valence-electron chi connectivity index (χ0n) is 17.9. The molecule has 0 saturated carbocycles. The lowest BCUT2D eigenvalue weighted by atomic mass is 10.1. The lowest BCUT2D eigenvalue weighted by molar-refractivity contribution is -0.141. The van der Waals surface area contributed by atoms with Gasteiger partial charge in [0.2, 0.25) is 0 Å². The number of amides is 1. The number of rotatable bonds is 7. The van der Waals surface area contributed by atoms with E-state index in [9.17, 15) is 9.59 Å². The molecule has 0 bridgehead atoms. The number of fused-ring (bicyclic) bond motifs is 3. The molecule has 7 nitrogen and oxygen atoms in total. The number of benzene rings is 3. The molecule has 0 aliphatic rings. The standard InChI is InChI=1S/C26H19N3O4S/c30-22(15-34-26-24-23(27-16-28-26)20-8-4-5-9-21(20)33-24)32-14-17-10-12-18(13-11-17)25(31)29-19-6-2-1-3-7-19/h1-13,16H,14-15H2,(H,29,31). The minimum atomic E-state index is -0.376. The molecular formula is C26H19N3O4S. The summed E-state index contributed by atoms with van der Waals surface area (Å²) in [6.07, 6.45) is 1.47. The fourth-order valence-electron chi connectivity index (χ4n) is 3.42. The van der Waals surface area contributed by atoms with Crippen LogP contribution >= 0.6 is 11.8 Å². The Bertz CT molecular complexity index is 1470. The summed E-state index contributed by atoms with van der Waals surface area (Å²) in [4.78, 5) is 33.2. The molecule has 0 saturated heterocycles. The van der Waals surface area contributed by atoms with Crippen molar-refractivity contribution >= 4 is 51.4 Å². The maximum atomic E-state index is 12.3. The molecule has 34 heavy (non-hydrogen) atoms. The van der Waals surface area contributed by atoms with Crippen molar-refractivity contribution in [2.75, 3.05) is 11.1 Å². The highest BCUT2D eigenvalue weighted by molar-refractivity contribution is 8.00. The first-order valence-corrected chi connectivity index (χ1v) is 11.5. The topological polar surface area (TPSA) is 94.3 Å². The molecule has 2 heterocycles. The first-order valence-electron chi connectivity index (χ1n) is 10.5.